The highest BCUT2D eigenvalue weighted by atomic mass is 32.2. The Kier molecular flexibility index (Phi) is 4.81. The normalized spacial score (nSPS) is 13.0. The number of nitrogens with zero attached hydrogens (tertiary/aromatic N) is 4. The highest BCUT2D eigenvalue weighted by Gasteiger charge is 2.21. The number of hydrogen-bond acceptors (Lipinski definition) is 7. The summed E-state index contributed by atoms with van der Waals surface area (Å²) < 4.78 is 27.1. The fraction of sp³-hybridized carbons (Fsp3) is 0.455. The number of aromatic amines is 1. The zero-order chi connectivity index (χ0) is 15.3. The summed E-state index contributed by atoms with van der Waals surface area (Å²) in [4.78, 5) is 4.21. The maximum atomic E-state index is 12.3. The predicted molar refractivity (Wildman–Crippen MR) is 75.9 cm³/mol. The summed E-state index contributed by atoms with van der Waals surface area (Å²) in [6.07, 6.45) is 2.37. The van der Waals surface area contributed by atoms with Gasteiger partial charge in [-0.15, -0.1) is 10.2 Å². The summed E-state index contributed by atoms with van der Waals surface area (Å²) in [5.41, 5.74) is 0. The Morgan fingerprint density at radius 3 is 2.90 bits per heavy atom. The van der Waals surface area contributed by atoms with Gasteiger partial charge in [0.05, 0.1) is 10.9 Å². The van der Waals surface area contributed by atoms with Crippen molar-refractivity contribution in [3.8, 4) is 0 Å². The van der Waals surface area contributed by atoms with Crippen molar-refractivity contribution in [1.82, 2.24) is 30.3 Å². The number of sulfonamides is 1. The molecule has 9 nitrogen and oxygen atoms in total. The average Bonchev–Trinajstić information content (AvgIpc) is 2.99. The van der Waals surface area contributed by atoms with Gasteiger partial charge in [0.25, 0.3) is 0 Å². The molecular formula is C11H17N7O2S. The zero-order valence-electron chi connectivity index (χ0n) is 11.7. The smallest absolute Gasteiger partial charge is 0.241 e. The highest BCUT2D eigenvalue weighted by molar-refractivity contribution is 7.89. The van der Waals surface area contributed by atoms with Crippen molar-refractivity contribution in [3.05, 3.63) is 24.2 Å². The standard InChI is InChI=1S/C11H17N7O2S/c1-3-5-12-10-7-9(4-6-13-10)21(19,20)16-8(2)11-14-17-18-15-11/h4,6-8,16H,3,5H2,1-2H3,(H,12,13)(H,14,15,17,18). The number of nitrogens with one attached hydrogen (secondary N) is 3. The van der Waals surface area contributed by atoms with E-state index in [1.165, 1.54) is 18.3 Å². The predicted octanol–water partition coefficient (Wildman–Crippen LogP) is 0.456. The molecule has 1 unspecified atom stereocenters. The molecule has 2 rings (SSSR count). The maximum absolute atomic E-state index is 12.3. The average molecular weight is 311 g/mol. The van der Waals surface area contributed by atoms with Gasteiger partial charge in [-0.05, 0) is 19.4 Å². The van der Waals surface area contributed by atoms with E-state index < -0.39 is 16.1 Å². The molecule has 1 atom stereocenters. The first-order valence-corrected chi connectivity index (χ1v) is 7.97. The van der Waals surface area contributed by atoms with Gasteiger partial charge in [-0.3, -0.25) is 0 Å². The summed E-state index contributed by atoms with van der Waals surface area (Å²) in [6.45, 7) is 4.38. The van der Waals surface area contributed by atoms with E-state index in [2.05, 4.69) is 35.6 Å². The van der Waals surface area contributed by atoms with Gasteiger partial charge in [-0.1, -0.05) is 12.1 Å². The van der Waals surface area contributed by atoms with Crippen LogP contribution in [-0.2, 0) is 10.0 Å². The van der Waals surface area contributed by atoms with Gasteiger partial charge in [0.2, 0.25) is 10.0 Å². The van der Waals surface area contributed by atoms with E-state index in [0.717, 1.165) is 13.0 Å². The van der Waals surface area contributed by atoms with Crippen LogP contribution in [0.3, 0.4) is 0 Å². The lowest BCUT2D eigenvalue weighted by Crippen LogP contribution is -2.27. The topological polar surface area (TPSA) is 126 Å². The van der Waals surface area contributed by atoms with Gasteiger partial charge in [0.15, 0.2) is 5.82 Å². The van der Waals surface area contributed by atoms with Crippen molar-refractivity contribution in [2.24, 2.45) is 0 Å². The van der Waals surface area contributed by atoms with Crippen LogP contribution in [-0.4, -0.2) is 40.6 Å². The molecule has 10 heteroatoms. The van der Waals surface area contributed by atoms with Crippen molar-refractivity contribution in [3.63, 3.8) is 0 Å². The first kappa shape index (κ1) is 15.3. The molecule has 3 N–H and O–H groups in total. The lowest BCUT2D eigenvalue weighted by atomic mass is 10.4. The number of aromatic nitrogens is 5. The molecule has 0 radical (unpaired) electrons. The van der Waals surface area contributed by atoms with Gasteiger partial charge in [-0.2, -0.15) is 5.21 Å². The molecule has 0 aliphatic carbocycles. The zero-order valence-corrected chi connectivity index (χ0v) is 12.6. The summed E-state index contributed by atoms with van der Waals surface area (Å²) in [5, 5.41) is 16.2. The third-order valence-electron chi connectivity index (χ3n) is 2.68. The van der Waals surface area contributed by atoms with Gasteiger partial charge < -0.3 is 5.32 Å². The Morgan fingerprint density at radius 2 is 2.24 bits per heavy atom. The SMILES string of the molecule is CCCNc1cc(S(=O)(=O)NC(C)c2nn[nH]n2)ccn1. The van der Waals surface area contributed by atoms with Crippen LogP contribution in [0.25, 0.3) is 0 Å². The third-order valence-corrected chi connectivity index (χ3v) is 4.22. The Morgan fingerprint density at radius 1 is 1.43 bits per heavy atom. The van der Waals surface area contributed by atoms with E-state index in [0.29, 0.717) is 5.82 Å². The second-order valence-corrected chi connectivity index (χ2v) is 6.13. The van der Waals surface area contributed by atoms with E-state index in [1.807, 2.05) is 6.92 Å². The largest absolute Gasteiger partial charge is 0.370 e. The first-order chi connectivity index (χ1) is 10.0. The number of H-pyrrole nitrogens is 1. The van der Waals surface area contributed by atoms with E-state index in [-0.39, 0.29) is 10.7 Å². The van der Waals surface area contributed by atoms with Crippen LogP contribution in [0.5, 0.6) is 0 Å². The number of pyridine rings is 1. The van der Waals surface area contributed by atoms with Gasteiger partial charge in [-0.25, -0.2) is 18.1 Å². The molecule has 0 amide bonds. The fourth-order valence-corrected chi connectivity index (χ4v) is 2.85. The quantitative estimate of drug-likeness (QED) is 0.678. The van der Waals surface area contributed by atoms with Crippen molar-refractivity contribution in [2.45, 2.75) is 31.2 Å². The molecule has 0 spiro atoms. The Labute approximate surface area is 122 Å². The van der Waals surface area contributed by atoms with Crippen LogP contribution in [0.4, 0.5) is 5.82 Å². The van der Waals surface area contributed by atoms with Crippen molar-refractivity contribution < 1.29 is 8.42 Å². The fourth-order valence-electron chi connectivity index (χ4n) is 1.63. The van der Waals surface area contributed by atoms with E-state index >= 15 is 0 Å². The number of tetrazole rings is 1. The Hall–Kier alpha value is -2.07. The summed E-state index contributed by atoms with van der Waals surface area (Å²) >= 11 is 0. The Balaban J connectivity index is 2.15. The van der Waals surface area contributed by atoms with E-state index in [9.17, 15) is 8.42 Å². The van der Waals surface area contributed by atoms with Crippen LogP contribution in [0.15, 0.2) is 23.2 Å². The number of hydrogen-bond donors (Lipinski definition) is 3. The van der Waals surface area contributed by atoms with E-state index in [1.54, 1.807) is 6.92 Å². The minimum atomic E-state index is -3.68. The van der Waals surface area contributed by atoms with Crippen molar-refractivity contribution in [2.75, 3.05) is 11.9 Å². The second kappa shape index (κ2) is 6.59. The molecule has 0 aromatic carbocycles. The molecule has 0 saturated heterocycles. The molecular weight excluding hydrogens is 294 g/mol. The van der Waals surface area contributed by atoms with Gasteiger partial charge in [0, 0.05) is 18.8 Å². The molecule has 0 saturated carbocycles. The highest BCUT2D eigenvalue weighted by Crippen LogP contribution is 2.15. The summed E-state index contributed by atoms with van der Waals surface area (Å²) in [6, 6.07) is 2.33. The van der Waals surface area contributed by atoms with Crippen LogP contribution in [0.2, 0.25) is 0 Å². The Bertz CT molecular complexity index is 672. The third kappa shape index (κ3) is 3.95. The van der Waals surface area contributed by atoms with Crippen LogP contribution >= 0.6 is 0 Å². The molecule has 0 fully saturated rings. The molecule has 0 aliphatic heterocycles. The minimum absolute atomic E-state index is 0.131. The molecule has 21 heavy (non-hydrogen) atoms. The molecule has 2 aromatic rings. The van der Waals surface area contributed by atoms with Crippen LogP contribution in [0, 0.1) is 0 Å². The van der Waals surface area contributed by atoms with E-state index in [4.69, 9.17) is 0 Å². The molecule has 0 aliphatic rings. The molecule has 0 bridgehead atoms. The molecule has 2 heterocycles. The number of rotatable bonds is 7. The first-order valence-electron chi connectivity index (χ1n) is 6.48. The second-order valence-electron chi connectivity index (χ2n) is 4.42. The maximum Gasteiger partial charge on any atom is 0.241 e. The minimum Gasteiger partial charge on any atom is -0.370 e. The summed E-state index contributed by atoms with van der Waals surface area (Å²) in [7, 11) is -3.68. The van der Waals surface area contributed by atoms with Crippen molar-refractivity contribution >= 4 is 15.8 Å². The monoisotopic (exact) mass is 311 g/mol. The van der Waals surface area contributed by atoms with Crippen LogP contribution in [0.1, 0.15) is 32.1 Å². The lowest BCUT2D eigenvalue weighted by molar-refractivity contribution is 0.560. The summed E-state index contributed by atoms with van der Waals surface area (Å²) in [5.74, 6) is 0.795. The van der Waals surface area contributed by atoms with Crippen molar-refractivity contribution in [1.29, 1.82) is 0 Å². The molecule has 114 valence electrons. The molecule has 2 aromatic heterocycles. The lowest BCUT2D eigenvalue weighted by Gasteiger charge is -2.11. The number of anilines is 1. The van der Waals surface area contributed by atoms with Gasteiger partial charge >= 0.3 is 0 Å². The van der Waals surface area contributed by atoms with Crippen LogP contribution < -0.4 is 10.0 Å². The van der Waals surface area contributed by atoms with Gasteiger partial charge in [0.1, 0.15) is 5.82 Å².